The smallest absolute Gasteiger partial charge is 0.104 e. The van der Waals surface area contributed by atoms with Gasteiger partial charge in [-0.05, 0) is 37.5 Å². The fourth-order valence-corrected chi connectivity index (χ4v) is 2.89. The molecule has 0 fully saturated rings. The van der Waals surface area contributed by atoms with Crippen molar-refractivity contribution in [3.63, 3.8) is 0 Å². The molecule has 0 amide bonds. The Balaban J connectivity index is 2.52. The molecule has 0 saturated heterocycles. The third-order valence-corrected chi connectivity index (χ3v) is 4.75. The van der Waals surface area contributed by atoms with Crippen LogP contribution < -0.4 is 0 Å². The lowest BCUT2D eigenvalue weighted by Gasteiger charge is -2.09. The van der Waals surface area contributed by atoms with Crippen LogP contribution in [-0.2, 0) is 5.33 Å². The van der Waals surface area contributed by atoms with Crippen molar-refractivity contribution in [2.45, 2.75) is 26.1 Å². The molecule has 1 heterocycles. The molecule has 0 N–H and O–H groups in total. The summed E-state index contributed by atoms with van der Waals surface area (Å²) in [4.78, 5) is 4.60. The van der Waals surface area contributed by atoms with Crippen LogP contribution in [0.25, 0.3) is 11.3 Å². The van der Waals surface area contributed by atoms with Crippen LogP contribution in [0, 0.1) is 20.8 Å². The molecule has 0 aliphatic heterocycles. The van der Waals surface area contributed by atoms with E-state index in [1.807, 2.05) is 0 Å². The van der Waals surface area contributed by atoms with Gasteiger partial charge in [0.2, 0.25) is 0 Å². The quantitative estimate of drug-likeness (QED) is 0.736. The number of aromatic nitrogens is 1. The number of benzene rings is 1. The van der Waals surface area contributed by atoms with Gasteiger partial charge in [0.15, 0.2) is 0 Å². The van der Waals surface area contributed by atoms with Crippen LogP contribution in [0.2, 0.25) is 0 Å². The zero-order valence-electron chi connectivity index (χ0n) is 9.67. The second-order valence-corrected chi connectivity index (χ2v) is 5.44. The highest BCUT2D eigenvalue weighted by Crippen LogP contribution is 2.28. The van der Waals surface area contributed by atoms with E-state index in [9.17, 15) is 0 Å². The van der Waals surface area contributed by atoms with Crippen LogP contribution in [0.4, 0.5) is 0 Å². The number of hydrogen-bond donors (Lipinski definition) is 0. The summed E-state index contributed by atoms with van der Waals surface area (Å²) in [6.45, 7) is 6.49. The maximum atomic E-state index is 4.60. The summed E-state index contributed by atoms with van der Waals surface area (Å²) in [6, 6.07) is 4.34. The lowest BCUT2D eigenvalue weighted by molar-refractivity contribution is 1.23. The first-order chi connectivity index (χ1) is 7.63. The molecule has 0 unspecified atom stereocenters. The molecular formula is C13H14BrNS. The first kappa shape index (κ1) is 11.8. The molecule has 1 aromatic heterocycles. The minimum atomic E-state index is 0.835. The summed E-state index contributed by atoms with van der Waals surface area (Å²) in [6.07, 6.45) is 0. The van der Waals surface area contributed by atoms with Crippen molar-refractivity contribution in [2.75, 3.05) is 0 Å². The molecule has 16 heavy (non-hydrogen) atoms. The number of halogens is 1. The van der Waals surface area contributed by atoms with Gasteiger partial charge < -0.3 is 0 Å². The summed E-state index contributed by atoms with van der Waals surface area (Å²) in [5.74, 6) is 0. The Kier molecular flexibility index (Phi) is 3.45. The zero-order chi connectivity index (χ0) is 11.7. The first-order valence-electron chi connectivity index (χ1n) is 5.21. The molecular weight excluding hydrogens is 282 g/mol. The maximum Gasteiger partial charge on any atom is 0.104 e. The second kappa shape index (κ2) is 4.68. The summed E-state index contributed by atoms with van der Waals surface area (Å²) in [5.41, 5.74) is 6.40. The van der Waals surface area contributed by atoms with Crippen molar-refractivity contribution >= 4 is 27.3 Å². The van der Waals surface area contributed by atoms with Gasteiger partial charge in [-0.3, -0.25) is 0 Å². The highest BCUT2D eigenvalue weighted by atomic mass is 79.9. The van der Waals surface area contributed by atoms with Crippen molar-refractivity contribution in [3.8, 4) is 11.3 Å². The number of nitrogens with zero attached hydrogens (tertiary/aromatic N) is 1. The topological polar surface area (TPSA) is 12.9 Å². The summed E-state index contributed by atoms with van der Waals surface area (Å²) < 4.78 is 0. The molecule has 2 rings (SSSR count). The minimum Gasteiger partial charge on any atom is -0.240 e. The molecule has 0 radical (unpaired) electrons. The average molecular weight is 296 g/mol. The van der Waals surface area contributed by atoms with Gasteiger partial charge >= 0.3 is 0 Å². The van der Waals surface area contributed by atoms with E-state index in [0.717, 1.165) is 16.0 Å². The third-order valence-electron chi connectivity index (χ3n) is 3.00. The molecule has 84 valence electrons. The predicted octanol–water partition coefficient (Wildman–Crippen LogP) is 4.63. The molecule has 3 heteroatoms. The van der Waals surface area contributed by atoms with E-state index in [-0.39, 0.29) is 0 Å². The Morgan fingerprint density at radius 1 is 1.19 bits per heavy atom. The molecule has 0 atom stereocenters. The molecule has 0 aliphatic carbocycles. The number of rotatable bonds is 2. The third kappa shape index (κ3) is 2.06. The first-order valence-corrected chi connectivity index (χ1v) is 7.21. The molecule has 0 bridgehead atoms. The van der Waals surface area contributed by atoms with Crippen molar-refractivity contribution in [3.05, 3.63) is 39.2 Å². The van der Waals surface area contributed by atoms with Crippen molar-refractivity contribution in [1.82, 2.24) is 4.98 Å². The van der Waals surface area contributed by atoms with Gasteiger partial charge in [-0.25, -0.2) is 4.98 Å². The molecule has 0 aliphatic rings. The van der Waals surface area contributed by atoms with Gasteiger partial charge in [-0.15, -0.1) is 11.3 Å². The van der Waals surface area contributed by atoms with Gasteiger partial charge in [-0.2, -0.15) is 0 Å². The Labute approximate surface area is 109 Å². The van der Waals surface area contributed by atoms with E-state index in [0.29, 0.717) is 0 Å². The minimum absolute atomic E-state index is 0.835. The van der Waals surface area contributed by atoms with E-state index in [4.69, 9.17) is 0 Å². The Morgan fingerprint density at radius 3 is 2.56 bits per heavy atom. The molecule has 1 aromatic carbocycles. The number of aryl methyl sites for hydroxylation is 1. The molecule has 0 saturated carbocycles. The Bertz CT molecular complexity index is 517. The summed E-state index contributed by atoms with van der Waals surface area (Å²) >= 11 is 5.14. The van der Waals surface area contributed by atoms with Crippen LogP contribution >= 0.6 is 27.3 Å². The highest BCUT2D eigenvalue weighted by Gasteiger charge is 2.09. The van der Waals surface area contributed by atoms with Gasteiger partial charge in [0.25, 0.3) is 0 Å². The fourth-order valence-electron chi connectivity index (χ4n) is 1.73. The summed E-state index contributed by atoms with van der Waals surface area (Å²) in [5, 5.41) is 4.10. The van der Waals surface area contributed by atoms with Gasteiger partial charge in [0, 0.05) is 10.9 Å². The van der Waals surface area contributed by atoms with E-state index >= 15 is 0 Å². The van der Waals surface area contributed by atoms with Crippen molar-refractivity contribution < 1.29 is 0 Å². The number of alkyl halides is 1. The summed E-state index contributed by atoms with van der Waals surface area (Å²) in [7, 11) is 0. The van der Waals surface area contributed by atoms with E-state index in [1.54, 1.807) is 11.3 Å². The lowest BCUT2D eigenvalue weighted by atomic mass is 9.97. The van der Waals surface area contributed by atoms with Crippen LogP contribution in [0.15, 0.2) is 17.5 Å². The fraction of sp³-hybridized carbons (Fsp3) is 0.308. The van der Waals surface area contributed by atoms with Crippen LogP contribution in [-0.4, -0.2) is 4.98 Å². The largest absolute Gasteiger partial charge is 0.240 e. The molecule has 1 nitrogen and oxygen atoms in total. The van der Waals surface area contributed by atoms with E-state index < -0.39 is 0 Å². The van der Waals surface area contributed by atoms with Crippen LogP contribution in [0.3, 0.4) is 0 Å². The van der Waals surface area contributed by atoms with E-state index in [2.05, 4.69) is 59.2 Å². The van der Waals surface area contributed by atoms with Crippen LogP contribution in [0.5, 0.6) is 0 Å². The standard InChI is InChI=1S/C13H14BrNS/c1-8-4-5-11(10(3)9(8)2)12-7-16-13(6-14)15-12/h4-5,7H,6H2,1-3H3. The zero-order valence-corrected chi connectivity index (χ0v) is 12.1. The molecule has 2 aromatic rings. The van der Waals surface area contributed by atoms with Crippen LogP contribution in [0.1, 0.15) is 21.7 Å². The van der Waals surface area contributed by atoms with E-state index in [1.165, 1.54) is 22.3 Å². The SMILES string of the molecule is Cc1ccc(-c2csc(CBr)n2)c(C)c1C. The lowest BCUT2D eigenvalue weighted by Crippen LogP contribution is -1.91. The maximum absolute atomic E-state index is 4.60. The van der Waals surface area contributed by atoms with Gasteiger partial charge in [0.1, 0.15) is 5.01 Å². The Hall–Kier alpha value is -0.670. The van der Waals surface area contributed by atoms with Crippen molar-refractivity contribution in [1.29, 1.82) is 0 Å². The number of hydrogen-bond acceptors (Lipinski definition) is 2. The average Bonchev–Trinajstić information content (AvgIpc) is 2.74. The van der Waals surface area contributed by atoms with Crippen molar-refractivity contribution in [2.24, 2.45) is 0 Å². The van der Waals surface area contributed by atoms with Gasteiger partial charge in [-0.1, -0.05) is 28.1 Å². The number of thiazole rings is 1. The molecule has 0 spiro atoms. The normalized spacial score (nSPS) is 10.8. The second-order valence-electron chi connectivity index (χ2n) is 3.94. The Morgan fingerprint density at radius 2 is 1.94 bits per heavy atom. The monoisotopic (exact) mass is 295 g/mol. The van der Waals surface area contributed by atoms with Gasteiger partial charge in [0.05, 0.1) is 11.0 Å². The predicted molar refractivity (Wildman–Crippen MR) is 74.4 cm³/mol. The highest BCUT2D eigenvalue weighted by molar-refractivity contribution is 9.08.